The van der Waals surface area contributed by atoms with Crippen LogP contribution in [0, 0.1) is 11.3 Å². The van der Waals surface area contributed by atoms with Crippen molar-refractivity contribution >= 4 is 11.6 Å². The zero-order valence-electron chi connectivity index (χ0n) is 19.9. The van der Waals surface area contributed by atoms with Gasteiger partial charge in [0.1, 0.15) is 6.04 Å². The fraction of sp³-hybridized carbons (Fsp3) is 0.200. The van der Waals surface area contributed by atoms with Gasteiger partial charge in [0.25, 0.3) is 0 Å². The molecule has 6 nitrogen and oxygen atoms in total. The lowest BCUT2D eigenvalue weighted by molar-refractivity contribution is -0.123. The first-order valence-electron chi connectivity index (χ1n) is 12.2. The lowest BCUT2D eigenvalue weighted by Gasteiger charge is -2.32. The van der Waals surface area contributed by atoms with Crippen LogP contribution in [0.2, 0.25) is 0 Å². The smallest absolute Gasteiger partial charge is 0.243 e. The van der Waals surface area contributed by atoms with E-state index in [9.17, 15) is 10.1 Å². The molecule has 1 aliphatic rings. The lowest BCUT2D eigenvalue weighted by atomic mass is 9.82. The summed E-state index contributed by atoms with van der Waals surface area (Å²) in [6.45, 7) is 0.839. The molecule has 4 aromatic rings. The van der Waals surface area contributed by atoms with Gasteiger partial charge in [-0.3, -0.25) is 14.8 Å². The number of para-hydroxylation sites is 1. The van der Waals surface area contributed by atoms with Crippen molar-refractivity contribution in [1.82, 2.24) is 15.3 Å². The molecule has 1 fully saturated rings. The van der Waals surface area contributed by atoms with Crippen molar-refractivity contribution in [3.8, 4) is 6.07 Å². The molecule has 0 bridgehead atoms. The van der Waals surface area contributed by atoms with E-state index >= 15 is 0 Å². The molecule has 0 radical (unpaired) electrons. The van der Waals surface area contributed by atoms with E-state index in [1.807, 2.05) is 85.2 Å². The number of nitriles is 1. The van der Waals surface area contributed by atoms with Crippen LogP contribution in [0.25, 0.3) is 0 Å². The van der Waals surface area contributed by atoms with Gasteiger partial charge in [-0.1, -0.05) is 42.5 Å². The van der Waals surface area contributed by atoms with Crippen LogP contribution < -0.4 is 10.2 Å². The molecule has 0 spiro atoms. The Morgan fingerprint density at radius 2 is 1.61 bits per heavy atom. The van der Waals surface area contributed by atoms with Crippen molar-refractivity contribution in [2.24, 2.45) is 0 Å². The van der Waals surface area contributed by atoms with E-state index in [1.165, 1.54) is 0 Å². The molecule has 178 valence electrons. The normalized spacial score (nSPS) is 15.9. The summed E-state index contributed by atoms with van der Waals surface area (Å²) in [4.78, 5) is 24.8. The van der Waals surface area contributed by atoms with Crippen LogP contribution in [0.15, 0.2) is 104 Å². The molecule has 2 atom stereocenters. The number of rotatable bonds is 7. The fourth-order valence-electron chi connectivity index (χ4n) is 5.08. The van der Waals surface area contributed by atoms with Gasteiger partial charge in [-0.25, -0.2) is 0 Å². The Balaban J connectivity index is 1.55. The number of amides is 1. The van der Waals surface area contributed by atoms with Crippen LogP contribution in [-0.2, 0) is 4.79 Å². The van der Waals surface area contributed by atoms with Gasteiger partial charge in [0.2, 0.25) is 5.91 Å². The number of hydrogen-bond acceptors (Lipinski definition) is 5. The maximum Gasteiger partial charge on any atom is 0.243 e. The van der Waals surface area contributed by atoms with E-state index in [2.05, 4.69) is 26.3 Å². The van der Waals surface area contributed by atoms with Crippen LogP contribution in [0.1, 0.15) is 47.1 Å². The monoisotopic (exact) mass is 473 g/mol. The first-order valence-corrected chi connectivity index (χ1v) is 12.2. The van der Waals surface area contributed by atoms with Crippen molar-refractivity contribution in [3.63, 3.8) is 0 Å². The zero-order chi connectivity index (χ0) is 24.7. The molecular weight excluding hydrogens is 446 g/mol. The molecule has 2 aromatic heterocycles. The summed E-state index contributed by atoms with van der Waals surface area (Å²) in [6, 6.07) is 26.9. The minimum Gasteiger partial charge on any atom is -0.360 e. The van der Waals surface area contributed by atoms with Crippen molar-refractivity contribution < 1.29 is 4.79 Å². The Bertz CT molecular complexity index is 1300. The van der Waals surface area contributed by atoms with Crippen LogP contribution in [0.5, 0.6) is 0 Å². The highest BCUT2D eigenvalue weighted by Gasteiger charge is 2.35. The molecule has 6 heteroatoms. The van der Waals surface area contributed by atoms with Crippen LogP contribution >= 0.6 is 0 Å². The van der Waals surface area contributed by atoms with E-state index in [1.54, 1.807) is 18.5 Å². The molecule has 36 heavy (non-hydrogen) atoms. The summed E-state index contributed by atoms with van der Waals surface area (Å²) < 4.78 is 0. The molecule has 1 aliphatic heterocycles. The topological polar surface area (TPSA) is 81.9 Å². The number of carbonyl (C=O) groups excluding carboxylic acids is 1. The van der Waals surface area contributed by atoms with Gasteiger partial charge in [0.15, 0.2) is 0 Å². The van der Waals surface area contributed by atoms with E-state index in [0.29, 0.717) is 5.56 Å². The molecule has 0 saturated carbocycles. The SMILES string of the molecule is N#Cc1cccc(C(NC(=O)[C@@H]2CCCN2c2ccccc2)C(c2cccnc2)c2cccnc2)c1. The van der Waals surface area contributed by atoms with Crippen molar-refractivity contribution in [2.75, 3.05) is 11.4 Å². The molecular formula is C30H27N5O. The maximum atomic E-state index is 13.9. The molecule has 0 aliphatic carbocycles. The third-order valence-electron chi connectivity index (χ3n) is 6.74. The average molecular weight is 474 g/mol. The highest BCUT2D eigenvalue weighted by Crippen LogP contribution is 2.37. The number of anilines is 1. The first kappa shape index (κ1) is 23.3. The maximum absolute atomic E-state index is 13.9. The largest absolute Gasteiger partial charge is 0.360 e. The quantitative estimate of drug-likeness (QED) is 0.408. The van der Waals surface area contributed by atoms with Gasteiger partial charge in [0, 0.05) is 42.9 Å². The predicted octanol–water partition coefficient (Wildman–Crippen LogP) is 5.01. The van der Waals surface area contributed by atoms with Gasteiger partial charge < -0.3 is 10.2 Å². The van der Waals surface area contributed by atoms with Crippen LogP contribution in [0.4, 0.5) is 5.69 Å². The zero-order valence-corrected chi connectivity index (χ0v) is 19.9. The van der Waals surface area contributed by atoms with Gasteiger partial charge in [0.05, 0.1) is 17.7 Å². The highest BCUT2D eigenvalue weighted by atomic mass is 16.2. The predicted molar refractivity (Wildman–Crippen MR) is 139 cm³/mol. The van der Waals surface area contributed by atoms with Gasteiger partial charge in [-0.15, -0.1) is 0 Å². The van der Waals surface area contributed by atoms with Crippen LogP contribution in [0.3, 0.4) is 0 Å². The Kier molecular flexibility index (Phi) is 7.00. The lowest BCUT2D eigenvalue weighted by Crippen LogP contribution is -2.46. The molecule has 5 rings (SSSR count). The molecule has 2 aromatic carbocycles. The molecule has 1 unspecified atom stereocenters. The molecule has 1 N–H and O–H groups in total. The number of carbonyl (C=O) groups is 1. The fourth-order valence-corrected chi connectivity index (χ4v) is 5.08. The Labute approximate surface area is 211 Å². The first-order chi connectivity index (χ1) is 17.7. The molecule has 1 saturated heterocycles. The summed E-state index contributed by atoms with van der Waals surface area (Å²) in [5, 5.41) is 12.9. The summed E-state index contributed by atoms with van der Waals surface area (Å²) in [5.74, 6) is -0.265. The van der Waals surface area contributed by atoms with E-state index < -0.39 is 6.04 Å². The summed E-state index contributed by atoms with van der Waals surface area (Å²) in [5.41, 5.74) is 4.39. The number of aromatic nitrogens is 2. The second kappa shape index (κ2) is 10.8. The van der Waals surface area contributed by atoms with E-state index in [4.69, 9.17) is 0 Å². The van der Waals surface area contributed by atoms with Gasteiger partial charge >= 0.3 is 0 Å². The van der Waals surface area contributed by atoms with E-state index in [0.717, 1.165) is 41.8 Å². The highest BCUT2D eigenvalue weighted by molar-refractivity contribution is 5.86. The Morgan fingerprint density at radius 3 is 2.25 bits per heavy atom. The van der Waals surface area contributed by atoms with Gasteiger partial charge in [-0.2, -0.15) is 5.26 Å². The second-order valence-electron chi connectivity index (χ2n) is 8.96. The minimum absolute atomic E-state index is 0.0264. The summed E-state index contributed by atoms with van der Waals surface area (Å²) in [7, 11) is 0. The van der Waals surface area contributed by atoms with E-state index in [-0.39, 0.29) is 17.9 Å². The number of nitrogens with one attached hydrogen (secondary N) is 1. The van der Waals surface area contributed by atoms with Crippen molar-refractivity contribution in [1.29, 1.82) is 5.26 Å². The minimum atomic E-state index is -0.419. The Morgan fingerprint density at radius 1 is 0.917 bits per heavy atom. The number of nitrogens with zero attached hydrogens (tertiary/aromatic N) is 4. The standard InChI is InChI=1S/C30H27N5O/c31-19-22-8-4-9-23(18-22)29(28(24-10-5-15-32-20-24)25-11-6-16-33-21-25)34-30(36)27-14-7-17-35(27)26-12-2-1-3-13-26/h1-6,8-13,15-16,18,20-21,27-29H,7,14,17H2,(H,34,36)/t27-,29?/m0/s1. The third kappa shape index (κ3) is 4.96. The third-order valence-corrected chi connectivity index (χ3v) is 6.74. The number of hydrogen-bond donors (Lipinski definition) is 1. The summed E-state index contributed by atoms with van der Waals surface area (Å²) >= 11 is 0. The number of benzene rings is 2. The Hall–Kier alpha value is -4.50. The molecule has 3 heterocycles. The van der Waals surface area contributed by atoms with Gasteiger partial charge in [-0.05, 0) is 65.9 Å². The van der Waals surface area contributed by atoms with Crippen molar-refractivity contribution in [2.45, 2.75) is 30.8 Å². The average Bonchev–Trinajstić information content (AvgIpc) is 3.45. The van der Waals surface area contributed by atoms with Crippen molar-refractivity contribution in [3.05, 3.63) is 126 Å². The second-order valence-corrected chi connectivity index (χ2v) is 8.96. The number of pyridine rings is 2. The van der Waals surface area contributed by atoms with Crippen LogP contribution in [-0.4, -0.2) is 28.5 Å². The molecule has 1 amide bonds. The summed E-state index contributed by atoms with van der Waals surface area (Å²) in [6.07, 6.45) is 8.88.